The molecule has 1 aliphatic rings. The van der Waals surface area contributed by atoms with Gasteiger partial charge in [-0.1, -0.05) is 135 Å². The zero-order valence-corrected chi connectivity index (χ0v) is 20.8. The summed E-state index contributed by atoms with van der Waals surface area (Å²) >= 11 is 0. The topological polar surface area (TPSA) is 0 Å². The van der Waals surface area contributed by atoms with Gasteiger partial charge in [0.15, 0.2) is 0 Å². The third-order valence-corrected chi connectivity index (χ3v) is 11.6. The van der Waals surface area contributed by atoms with Gasteiger partial charge in [0.25, 0.3) is 0 Å². The van der Waals surface area contributed by atoms with Crippen LogP contribution < -0.4 is 10.6 Å². The van der Waals surface area contributed by atoms with Crippen LogP contribution in [0.1, 0.15) is 48.5 Å². The molecule has 2 aromatic rings. The largest absolute Gasteiger partial charge is 0.0720 e. The molecule has 0 saturated carbocycles. The van der Waals surface area contributed by atoms with Gasteiger partial charge in [-0.2, -0.15) is 0 Å². The van der Waals surface area contributed by atoms with Crippen molar-refractivity contribution < 1.29 is 0 Å². The molecule has 0 amide bonds. The Labute approximate surface area is 181 Å². The van der Waals surface area contributed by atoms with Crippen LogP contribution >= 0.6 is 15.8 Å². The zero-order chi connectivity index (χ0) is 21.2. The van der Waals surface area contributed by atoms with E-state index in [4.69, 9.17) is 0 Å². The van der Waals surface area contributed by atoms with Crippen molar-refractivity contribution in [3.8, 4) is 0 Å². The van der Waals surface area contributed by atoms with Crippen LogP contribution in [0.4, 0.5) is 0 Å². The van der Waals surface area contributed by atoms with E-state index in [1.165, 1.54) is 10.6 Å². The molecule has 0 fully saturated rings. The lowest BCUT2D eigenvalue weighted by atomic mass is 10.1. The quantitative estimate of drug-likeness (QED) is 0.436. The molecule has 3 rings (SSSR count). The van der Waals surface area contributed by atoms with E-state index in [1.807, 2.05) is 0 Å². The Morgan fingerprint density at radius 3 is 1.55 bits per heavy atom. The standard InChI is InChI=1S/C27H35P2/c1-21(24-19-14-20-25(24)29(26(2,3)4)27(5,6)7)28(22-15-10-8-11-16-22)23-17-12-9-13-18-23/h8-21H,1-7H3/t21-/m0/s1. The second kappa shape index (κ2) is 8.88. The molecule has 0 saturated heterocycles. The normalized spacial score (nSPS) is 16.5. The highest BCUT2D eigenvalue weighted by Crippen LogP contribution is 2.69. The van der Waals surface area contributed by atoms with Crippen LogP contribution in [0, 0.1) is 5.92 Å². The van der Waals surface area contributed by atoms with E-state index in [9.17, 15) is 0 Å². The summed E-state index contributed by atoms with van der Waals surface area (Å²) in [7, 11) is -0.771. The molecule has 0 nitrogen and oxygen atoms in total. The Morgan fingerprint density at radius 1 is 0.690 bits per heavy atom. The first-order chi connectivity index (χ1) is 13.6. The molecule has 0 N–H and O–H groups in total. The molecule has 2 heteroatoms. The highest BCUT2D eigenvalue weighted by molar-refractivity contribution is 7.74. The number of hydrogen-bond donors (Lipinski definition) is 0. The first-order valence-electron chi connectivity index (χ1n) is 10.6. The molecule has 0 unspecified atom stereocenters. The van der Waals surface area contributed by atoms with E-state index < -0.39 is 7.92 Å². The lowest BCUT2D eigenvalue weighted by Gasteiger charge is -2.45. The van der Waals surface area contributed by atoms with E-state index in [1.54, 1.807) is 11.2 Å². The van der Waals surface area contributed by atoms with Crippen molar-refractivity contribution in [2.24, 2.45) is 0 Å². The molecule has 2 aromatic carbocycles. The molecule has 1 aliphatic carbocycles. The predicted molar refractivity (Wildman–Crippen MR) is 135 cm³/mol. The van der Waals surface area contributed by atoms with Gasteiger partial charge in [0.05, 0.1) is 0 Å². The lowest BCUT2D eigenvalue weighted by Crippen LogP contribution is -2.30. The summed E-state index contributed by atoms with van der Waals surface area (Å²) in [6, 6.07) is 22.2. The summed E-state index contributed by atoms with van der Waals surface area (Å²) in [6.45, 7) is 17.0. The molecule has 0 heterocycles. The Hall–Kier alpha value is -1.22. The van der Waals surface area contributed by atoms with Crippen molar-refractivity contribution in [3.63, 3.8) is 0 Å². The second-order valence-electron chi connectivity index (χ2n) is 9.76. The summed E-state index contributed by atoms with van der Waals surface area (Å²) in [5.74, 6) is 1.56. The fourth-order valence-corrected chi connectivity index (χ4v) is 11.6. The predicted octanol–water partition coefficient (Wildman–Crippen LogP) is 7.61. The van der Waals surface area contributed by atoms with Gasteiger partial charge in [-0.05, 0) is 39.8 Å². The van der Waals surface area contributed by atoms with E-state index in [0.717, 1.165) is 0 Å². The molecule has 0 spiro atoms. The van der Waals surface area contributed by atoms with Gasteiger partial charge in [-0.25, -0.2) is 0 Å². The van der Waals surface area contributed by atoms with Crippen molar-refractivity contribution in [1.82, 2.24) is 0 Å². The Kier molecular flexibility index (Phi) is 6.88. The van der Waals surface area contributed by atoms with Crippen LogP contribution in [0.25, 0.3) is 0 Å². The summed E-state index contributed by atoms with van der Waals surface area (Å²) in [5, 5.41) is 5.08. The molecule has 0 bridgehead atoms. The van der Waals surface area contributed by atoms with Crippen LogP contribution in [0.3, 0.4) is 0 Å². The number of benzene rings is 2. The van der Waals surface area contributed by atoms with Crippen molar-refractivity contribution in [1.29, 1.82) is 0 Å². The maximum absolute atomic E-state index is 2.45. The van der Waals surface area contributed by atoms with Crippen LogP contribution in [-0.2, 0) is 0 Å². The average Bonchev–Trinajstić information content (AvgIpc) is 3.10. The minimum atomic E-state index is -0.465. The van der Waals surface area contributed by atoms with Crippen molar-refractivity contribution >= 4 is 26.5 Å². The van der Waals surface area contributed by atoms with Crippen LogP contribution in [0.5, 0.6) is 0 Å². The van der Waals surface area contributed by atoms with Gasteiger partial charge in [-0.3, -0.25) is 0 Å². The smallest absolute Gasteiger partial charge is 0.0349 e. The molecule has 29 heavy (non-hydrogen) atoms. The first kappa shape index (κ1) is 22.5. The van der Waals surface area contributed by atoms with Gasteiger partial charge >= 0.3 is 0 Å². The Morgan fingerprint density at radius 2 is 1.14 bits per heavy atom. The van der Waals surface area contributed by atoms with E-state index >= 15 is 0 Å². The summed E-state index contributed by atoms with van der Waals surface area (Å²) in [4.78, 5) is 0. The fourth-order valence-electron chi connectivity index (χ4n) is 4.62. The van der Waals surface area contributed by atoms with Gasteiger partial charge in [-0.15, -0.1) is 0 Å². The number of allylic oxidation sites excluding steroid dienone is 4. The molecule has 153 valence electrons. The van der Waals surface area contributed by atoms with Crippen molar-refractivity contribution in [3.05, 3.63) is 90.1 Å². The van der Waals surface area contributed by atoms with Crippen molar-refractivity contribution in [2.75, 3.05) is 0 Å². The van der Waals surface area contributed by atoms with Crippen molar-refractivity contribution in [2.45, 2.75) is 64.4 Å². The Bertz CT molecular complexity index is 797. The molecule has 1 atom stereocenters. The second-order valence-corrected chi connectivity index (χ2v) is 16.1. The van der Waals surface area contributed by atoms with Gasteiger partial charge in [0.1, 0.15) is 0 Å². The van der Waals surface area contributed by atoms with Crippen LogP contribution in [0.15, 0.2) is 84.2 Å². The van der Waals surface area contributed by atoms with Gasteiger partial charge < -0.3 is 0 Å². The lowest BCUT2D eigenvalue weighted by molar-refractivity contribution is 0.710. The average molecular weight is 422 g/mol. The monoisotopic (exact) mass is 421 g/mol. The maximum Gasteiger partial charge on any atom is 0.0349 e. The summed E-state index contributed by atoms with van der Waals surface area (Å²) < 4.78 is 0. The molecule has 1 radical (unpaired) electrons. The minimum Gasteiger partial charge on any atom is -0.0720 e. The van der Waals surface area contributed by atoms with Gasteiger partial charge in [0, 0.05) is 5.92 Å². The highest BCUT2D eigenvalue weighted by atomic mass is 31.1. The third-order valence-electron chi connectivity index (χ3n) is 5.31. The zero-order valence-electron chi connectivity index (χ0n) is 19.0. The SMILES string of the molecule is C[C@@H]([C]1C=CC=C1P(C(C)(C)C)C(C)(C)C)P(c1ccccc1)c1ccccc1. The van der Waals surface area contributed by atoms with E-state index in [0.29, 0.717) is 5.66 Å². The fraction of sp³-hybridized carbons (Fsp3) is 0.370. The molecule has 0 aliphatic heterocycles. The Balaban J connectivity index is 2.03. The highest BCUT2D eigenvalue weighted by Gasteiger charge is 2.42. The van der Waals surface area contributed by atoms with Crippen LogP contribution in [-0.4, -0.2) is 16.0 Å². The maximum atomic E-state index is 2.45. The van der Waals surface area contributed by atoms with E-state index in [2.05, 4.69) is 127 Å². The number of rotatable bonds is 5. The summed E-state index contributed by atoms with van der Waals surface area (Å²) in [6.07, 6.45) is 7.10. The third kappa shape index (κ3) is 5.10. The first-order valence-corrected chi connectivity index (χ1v) is 13.3. The molecule has 0 aromatic heterocycles. The summed E-state index contributed by atoms with van der Waals surface area (Å²) in [5.41, 5.74) is 0.481. The molecular weight excluding hydrogens is 386 g/mol. The molecular formula is C27H35P2. The number of hydrogen-bond acceptors (Lipinski definition) is 0. The minimum absolute atomic E-state index is 0.276. The van der Waals surface area contributed by atoms with Crippen LogP contribution in [0.2, 0.25) is 0 Å². The van der Waals surface area contributed by atoms with Gasteiger partial charge in [0.2, 0.25) is 0 Å². The van der Waals surface area contributed by atoms with E-state index in [-0.39, 0.29) is 18.2 Å².